The van der Waals surface area contributed by atoms with Gasteiger partial charge < -0.3 is 15.2 Å². The lowest BCUT2D eigenvalue weighted by Crippen LogP contribution is -2.51. The summed E-state index contributed by atoms with van der Waals surface area (Å²) >= 11 is 0. The van der Waals surface area contributed by atoms with Crippen molar-refractivity contribution in [2.24, 2.45) is 0 Å². The Labute approximate surface area is 175 Å². The largest absolute Gasteiger partial charge is 0.480 e. The van der Waals surface area contributed by atoms with E-state index in [1.807, 2.05) is 61.5 Å². The first-order chi connectivity index (χ1) is 14.5. The number of nitrogens with zero attached hydrogens (tertiary/aromatic N) is 1. The number of hydrogen-bond acceptors (Lipinski definition) is 4. The summed E-state index contributed by atoms with van der Waals surface area (Å²) in [5.74, 6) is -1.58. The van der Waals surface area contributed by atoms with Gasteiger partial charge in [-0.25, -0.2) is 9.59 Å². The standard InChI is InChI=1S/C23H26N2O5/c1-16-8-5-6-11-18(16)14-19(22(27)28)24-21(26)20-12-7-13-25(20)23(29)30-15-17-9-3-2-4-10-17/h2-6,8-11,19-20H,7,12-15H2,1H3,(H,24,26)(H,27,28)/t19-,20-/m1/s1. The molecule has 1 saturated heterocycles. The van der Waals surface area contributed by atoms with Crippen molar-refractivity contribution in [2.45, 2.75) is 44.9 Å². The number of carboxylic acids is 1. The fourth-order valence-corrected chi connectivity index (χ4v) is 3.59. The maximum absolute atomic E-state index is 12.8. The monoisotopic (exact) mass is 410 g/mol. The lowest BCUT2D eigenvalue weighted by Gasteiger charge is -2.25. The Balaban J connectivity index is 1.61. The normalized spacial score (nSPS) is 16.7. The van der Waals surface area contributed by atoms with Gasteiger partial charge in [0.2, 0.25) is 5.91 Å². The van der Waals surface area contributed by atoms with E-state index >= 15 is 0 Å². The molecule has 1 fully saturated rings. The first kappa shape index (κ1) is 21.4. The predicted octanol–water partition coefficient (Wildman–Crippen LogP) is 2.91. The summed E-state index contributed by atoms with van der Waals surface area (Å²) in [6, 6.07) is 15.0. The molecule has 3 rings (SSSR count). The number of hydrogen-bond donors (Lipinski definition) is 2. The smallest absolute Gasteiger partial charge is 0.410 e. The van der Waals surface area contributed by atoms with Crippen molar-refractivity contribution in [3.8, 4) is 0 Å². The molecule has 2 atom stereocenters. The van der Waals surface area contributed by atoms with Crippen LogP contribution in [0.25, 0.3) is 0 Å². The van der Waals surface area contributed by atoms with Crippen LogP contribution in [-0.4, -0.2) is 46.6 Å². The molecule has 2 aromatic rings. The molecule has 0 spiro atoms. The summed E-state index contributed by atoms with van der Waals surface area (Å²) in [4.78, 5) is 38.4. The van der Waals surface area contributed by atoms with Crippen molar-refractivity contribution in [3.05, 3.63) is 71.3 Å². The average molecular weight is 410 g/mol. The Morgan fingerprint density at radius 2 is 1.83 bits per heavy atom. The van der Waals surface area contributed by atoms with Crippen LogP contribution in [0.3, 0.4) is 0 Å². The van der Waals surface area contributed by atoms with Crippen molar-refractivity contribution in [1.82, 2.24) is 10.2 Å². The van der Waals surface area contributed by atoms with E-state index in [2.05, 4.69) is 5.32 Å². The summed E-state index contributed by atoms with van der Waals surface area (Å²) in [5.41, 5.74) is 2.68. The highest BCUT2D eigenvalue weighted by atomic mass is 16.6. The van der Waals surface area contributed by atoms with E-state index in [0.717, 1.165) is 16.7 Å². The number of nitrogens with one attached hydrogen (secondary N) is 1. The van der Waals surface area contributed by atoms with E-state index in [-0.39, 0.29) is 13.0 Å². The number of aliphatic carboxylic acids is 1. The van der Waals surface area contributed by atoms with Gasteiger partial charge in [-0.3, -0.25) is 9.69 Å². The summed E-state index contributed by atoms with van der Waals surface area (Å²) in [6.07, 6.45) is 0.748. The molecule has 0 saturated carbocycles. The third kappa shape index (κ3) is 5.37. The summed E-state index contributed by atoms with van der Waals surface area (Å²) in [6.45, 7) is 2.42. The molecular formula is C23H26N2O5. The van der Waals surface area contributed by atoms with Crippen LogP contribution in [0.5, 0.6) is 0 Å². The lowest BCUT2D eigenvalue weighted by molar-refractivity contribution is -0.142. The van der Waals surface area contributed by atoms with Gasteiger partial charge in [-0.1, -0.05) is 54.6 Å². The zero-order valence-corrected chi connectivity index (χ0v) is 16.9. The van der Waals surface area contributed by atoms with Gasteiger partial charge in [0.1, 0.15) is 18.7 Å². The number of carbonyl (C=O) groups excluding carboxylic acids is 2. The number of benzene rings is 2. The van der Waals surface area contributed by atoms with E-state index in [1.54, 1.807) is 0 Å². The first-order valence-corrected chi connectivity index (χ1v) is 10.0. The van der Waals surface area contributed by atoms with Gasteiger partial charge in [-0.05, 0) is 36.5 Å². The number of carbonyl (C=O) groups is 3. The highest BCUT2D eigenvalue weighted by Crippen LogP contribution is 2.20. The minimum atomic E-state index is -1.11. The third-order valence-corrected chi connectivity index (χ3v) is 5.29. The molecule has 158 valence electrons. The van der Waals surface area contributed by atoms with Crippen LogP contribution < -0.4 is 5.32 Å². The Hall–Kier alpha value is -3.35. The van der Waals surface area contributed by atoms with Crippen LogP contribution in [0.4, 0.5) is 4.79 Å². The number of carboxylic acid groups (broad SMARTS) is 1. The number of amides is 2. The number of aryl methyl sites for hydroxylation is 1. The van der Waals surface area contributed by atoms with Crippen molar-refractivity contribution in [2.75, 3.05) is 6.54 Å². The van der Waals surface area contributed by atoms with Crippen molar-refractivity contribution < 1.29 is 24.2 Å². The topological polar surface area (TPSA) is 95.9 Å². The summed E-state index contributed by atoms with van der Waals surface area (Å²) in [7, 11) is 0. The first-order valence-electron chi connectivity index (χ1n) is 10.0. The maximum Gasteiger partial charge on any atom is 0.410 e. The molecule has 0 unspecified atom stereocenters. The van der Waals surface area contributed by atoms with Gasteiger partial charge in [0.25, 0.3) is 0 Å². The molecule has 0 aliphatic carbocycles. The Kier molecular flexibility index (Phi) is 7.06. The van der Waals surface area contributed by atoms with E-state index in [4.69, 9.17) is 4.74 Å². The summed E-state index contributed by atoms with van der Waals surface area (Å²) in [5, 5.41) is 12.2. The van der Waals surface area contributed by atoms with Crippen molar-refractivity contribution in [1.29, 1.82) is 0 Å². The Morgan fingerprint density at radius 3 is 2.53 bits per heavy atom. The van der Waals surface area contributed by atoms with Gasteiger partial charge in [0.05, 0.1) is 0 Å². The van der Waals surface area contributed by atoms with Crippen LogP contribution in [0.1, 0.15) is 29.5 Å². The Morgan fingerprint density at radius 1 is 1.13 bits per heavy atom. The average Bonchev–Trinajstić information content (AvgIpc) is 3.24. The van der Waals surface area contributed by atoms with Crippen molar-refractivity contribution >= 4 is 18.0 Å². The molecule has 7 nitrogen and oxygen atoms in total. The van der Waals surface area contributed by atoms with Gasteiger partial charge >= 0.3 is 12.1 Å². The second-order valence-electron chi connectivity index (χ2n) is 7.42. The van der Waals surface area contributed by atoms with Gasteiger partial charge in [0, 0.05) is 13.0 Å². The van der Waals surface area contributed by atoms with Crippen LogP contribution in [-0.2, 0) is 27.4 Å². The number of likely N-dealkylation sites (tertiary alicyclic amines) is 1. The molecule has 2 amide bonds. The number of rotatable bonds is 7. The molecule has 1 aliphatic rings. The maximum atomic E-state index is 12.8. The van der Waals surface area contributed by atoms with E-state index in [9.17, 15) is 19.5 Å². The predicted molar refractivity (Wildman–Crippen MR) is 111 cm³/mol. The minimum Gasteiger partial charge on any atom is -0.480 e. The van der Waals surface area contributed by atoms with Crippen LogP contribution in [0.15, 0.2) is 54.6 Å². The highest BCUT2D eigenvalue weighted by Gasteiger charge is 2.36. The van der Waals surface area contributed by atoms with Crippen LogP contribution in [0.2, 0.25) is 0 Å². The second-order valence-corrected chi connectivity index (χ2v) is 7.42. The second kappa shape index (κ2) is 9.91. The zero-order valence-electron chi connectivity index (χ0n) is 16.9. The molecule has 1 aliphatic heterocycles. The van der Waals surface area contributed by atoms with Crippen LogP contribution in [0, 0.1) is 6.92 Å². The van der Waals surface area contributed by atoms with E-state index < -0.39 is 30.1 Å². The molecule has 30 heavy (non-hydrogen) atoms. The lowest BCUT2D eigenvalue weighted by atomic mass is 10.0. The van der Waals surface area contributed by atoms with E-state index in [1.165, 1.54) is 4.90 Å². The van der Waals surface area contributed by atoms with Crippen LogP contribution >= 0.6 is 0 Å². The molecule has 2 aromatic carbocycles. The summed E-state index contributed by atoms with van der Waals surface area (Å²) < 4.78 is 5.35. The Bertz CT molecular complexity index is 899. The fourth-order valence-electron chi connectivity index (χ4n) is 3.59. The van der Waals surface area contributed by atoms with Gasteiger partial charge in [-0.15, -0.1) is 0 Å². The molecular weight excluding hydrogens is 384 g/mol. The molecule has 0 bridgehead atoms. The highest BCUT2D eigenvalue weighted by molar-refractivity contribution is 5.89. The number of ether oxygens (including phenoxy) is 1. The molecule has 1 heterocycles. The molecule has 2 N–H and O–H groups in total. The molecule has 0 aromatic heterocycles. The quantitative estimate of drug-likeness (QED) is 0.732. The van der Waals surface area contributed by atoms with E-state index in [0.29, 0.717) is 19.4 Å². The van der Waals surface area contributed by atoms with Gasteiger partial charge in [0.15, 0.2) is 0 Å². The molecule has 0 radical (unpaired) electrons. The van der Waals surface area contributed by atoms with Gasteiger partial charge in [-0.2, -0.15) is 0 Å². The zero-order chi connectivity index (χ0) is 21.5. The third-order valence-electron chi connectivity index (χ3n) is 5.29. The molecule has 7 heteroatoms. The minimum absolute atomic E-state index is 0.121. The SMILES string of the molecule is Cc1ccccc1C[C@@H](NC(=O)[C@H]1CCCN1C(=O)OCc1ccccc1)C(=O)O. The van der Waals surface area contributed by atoms with Crippen molar-refractivity contribution in [3.63, 3.8) is 0 Å². The fraction of sp³-hybridized carbons (Fsp3) is 0.348.